The third-order valence-corrected chi connectivity index (χ3v) is 5.50. The predicted octanol–water partition coefficient (Wildman–Crippen LogP) is 5.51. The molecule has 0 unspecified atom stereocenters. The summed E-state index contributed by atoms with van der Waals surface area (Å²) in [4.78, 5) is 26.6. The highest BCUT2D eigenvalue weighted by atomic mass is 16.1. The standard InChI is InChI=1S/C24H29NO2/c1-3-5-7-11-16-15-20(25)19(14-8-6-4-2)22-21(16)23(26)17-12-9-10-13-18(17)24(22)27/h9-10,12-13,15H,3-8,11,14,25H2,1-2H3. The van der Waals surface area contributed by atoms with Gasteiger partial charge in [0.05, 0.1) is 0 Å². The van der Waals surface area contributed by atoms with Crippen molar-refractivity contribution in [2.75, 3.05) is 5.73 Å². The van der Waals surface area contributed by atoms with Gasteiger partial charge in [-0.25, -0.2) is 0 Å². The Morgan fingerprint density at radius 2 is 1.33 bits per heavy atom. The fourth-order valence-corrected chi connectivity index (χ4v) is 4.04. The lowest BCUT2D eigenvalue weighted by atomic mass is 9.77. The molecule has 3 rings (SSSR count). The van der Waals surface area contributed by atoms with Crippen molar-refractivity contribution in [3.05, 3.63) is 63.7 Å². The van der Waals surface area contributed by atoms with Gasteiger partial charge in [-0.3, -0.25) is 9.59 Å². The van der Waals surface area contributed by atoms with E-state index in [-0.39, 0.29) is 11.6 Å². The lowest BCUT2D eigenvalue weighted by Crippen LogP contribution is -2.25. The topological polar surface area (TPSA) is 60.2 Å². The molecule has 0 aromatic heterocycles. The van der Waals surface area contributed by atoms with E-state index in [1.807, 2.05) is 18.2 Å². The average Bonchev–Trinajstić information content (AvgIpc) is 2.67. The molecule has 1 aliphatic carbocycles. The summed E-state index contributed by atoms with van der Waals surface area (Å²) in [7, 11) is 0. The van der Waals surface area contributed by atoms with Crippen molar-refractivity contribution >= 4 is 17.3 Å². The quantitative estimate of drug-likeness (QED) is 0.424. The SMILES string of the molecule is CCCCCc1cc(N)c(CCCCC)c2c1C(=O)c1ccccc1C2=O. The van der Waals surface area contributed by atoms with E-state index in [0.717, 1.165) is 62.5 Å². The van der Waals surface area contributed by atoms with Gasteiger partial charge in [0.1, 0.15) is 0 Å². The minimum Gasteiger partial charge on any atom is -0.398 e. The van der Waals surface area contributed by atoms with Gasteiger partial charge in [0.25, 0.3) is 0 Å². The van der Waals surface area contributed by atoms with Gasteiger partial charge < -0.3 is 5.73 Å². The molecule has 0 bridgehead atoms. The maximum absolute atomic E-state index is 13.3. The molecule has 27 heavy (non-hydrogen) atoms. The van der Waals surface area contributed by atoms with Crippen LogP contribution in [0.2, 0.25) is 0 Å². The molecule has 1 aliphatic rings. The number of nitrogen functional groups attached to an aromatic ring is 1. The Balaban J connectivity index is 2.14. The van der Waals surface area contributed by atoms with Crippen LogP contribution in [0.4, 0.5) is 5.69 Å². The van der Waals surface area contributed by atoms with Gasteiger partial charge in [-0.05, 0) is 42.9 Å². The molecule has 2 aromatic rings. The van der Waals surface area contributed by atoms with E-state index in [9.17, 15) is 9.59 Å². The largest absolute Gasteiger partial charge is 0.398 e. The monoisotopic (exact) mass is 363 g/mol. The number of aryl methyl sites for hydroxylation is 1. The number of nitrogens with two attached hydrogens (primary N) is 1. The first-order valence-electron chi connectivity index (χ1n) is 10.2. The number of benzene rings is 2. The molecular formula is C24H29NO2. The van der Waals surface area contributed by atoms with E-state index in [1.54, 1.807) is 12.1 Å². The highest BCUT2D eigenvalue weighted by Crippen LogP contribution is 2.36. The van der Waals surface area contributed by atoms with Crippen molar-refractivity contribution in [1.82, 2.24) is 0 Å². The van der Waals surface area contributed by atoms with Crippen molar-refractivity contribution in [3.8, 4) is 0 Å². The Morgan fingerprint density at radius 3 is 1.93 bits per heavy atom. The van der Waals surface area contributed by atoms with E-state index in [1.165, 1.54) is 0 Å². The first kappa shape index (κ1) is 19.3. The van der Waals surface area contributed by atoms with Crippen molar-refractivity contribution < 1.29 is 9.59 Å². The number of rotatable bonds is 8. The molecule has 3 nitrogen and oxygen atoms in total. The Hall–Kier alpha value is -2.42. The Morgan fingerprint density at radius 1 is 0.778 bits per heavy atom. The van der Waals surface area contributed by atoms with Gasteiger partial charge in [-0.2, -0.15) is 0 Å². The Bertz CT molecular complexity index is 867. The second kappa shape index (κ2) is 8.51. The molecule has 0 fully saturated rings. The van der Waals surface area contributed by atoms with Gasteiger partial charge in [-0.1, -0.05) is 63.8 Å². The fourth-order valence-electron chi connectivity index (χ4n) is 4.04. The summed E-state index contributed by atoms with van der Waals surface area (Å²) in [5.41, 5.74) is 11.1. The van der Waals surface area contributed by atoms with Crippen LogP contribution in [-0.4, -0.2) is 11.6 Å². The third-order valence-electron chi connectivity index (χ3n) is 5.50. The molecule has 2 aromatic carbocycles. The van der Waals surface area contributed by atoms with E-state index < -0.39 is 0 Å². The van der Waals surface area contributed by atoms with Crippen LogP contribution in [0.25, 0.3) is 0 Å². The van der Waals surface area contributed by atoms with E-state index >= 15 is 0 Å². The number of carbonyl (C=O) groups is 2. The Kier molecular flexibility index (Phi) is 6.10. The van der Waals surface area contributed by atoms with Crippen LogP contribution in [0, 0.1) is 0 Å². The summed E-state index contributed by atoms with van der Waals surface area (Å²) in [5, 5.41) is 0. The third kappa shape index (κ3) is 3.69. The number of unbranched alkanes of at least 4 members (excludes halogenated alkanes) is 4. The number of carbonyl (C=O) groups excluding carboxylic acids is 2. The number of anilines is 1. The maximum atomic E-state index is 13.3. The number of ketones is 2. The second-order valence-electron chi connectivity index (χ2n) is 7.47. The summed E-state index contributed by atoms with van der Waals surface area (Å²) in [6.07, 6.45) is 7.92. The molecule has 0 heterocycles. The molecule has 0 saturated heterocycles. The minimum atomic E-state index is -0.0456. The molecule has 2 N–H and O–H groups in total. The molecule has 0 saturated carbocycles. The van der Waals surface area contributed by atoms with Crippen LogP contribution < -0.4 is 5.73 Å². The molecule has 142 valence electrons. The summed E-state index contributed by atoms with van der Waals surface area (Å²) in [6, 6.07) is 9.12. The zero-order valence-electron chi connectivity index (χ0n) is 16.4. The van der Waals surface area contributed by atoms with Gasteiger partial charge in [0, 0.05) is 27.9 Å². The molecule has 0 amide bonds. The van der Waals surface area contributed by atoms with Crippen molar-refractivity contribution in [3.63, 3.8) is 0 Å². The number of hydrogen-bond donors (Lipinski definition) is 1. The number of fused-ring (bicyclic) bond motifs is 2. The Labute approximate surface area is 162 Å². The molecule has 0 aliphatic heterocycles. The van der Waals surface area contributed by atoms with Crippen LogP contribution in [0.3, 0.4) is 0 Å². The van der Waals surface area contributed by atoms with Crippen molar-refractivity contribution in [2.45, 2.75) is 65.2 Å². The maximum Gasteiger partial charge on any atom is 0.194 e. The smallest absolute Gasteiger partial charge is 0.194 e. The molecule has 0 radical (unpaired) electrons. The molecule has 0 atom stereocenters. The molecule has 0 spiro atoms. The van der Waals surface area contributed by atoms with Crippen molar-refractivity contribution in [2.24, 2.45) is 0 Å². The van der Waals surface area contributed by atoms with Gasteiger partial charge >= 0.3 is 0 Å². The van der Waals surface area contributed by atoms with Crippen LogP contribution in [0.15, 0.2) is 30.3 Å². The van der Waals surface area contributed by atoms with Crippen LogP contribution in [0.1, 0.15) is 95.3 Å². The molecular weight excluding hydrogens is 334 g/mol. The summed E-state index contributed by atoms with van der Waals surface area (Å²) in [5.74, 6) is -0.0702. The zero-order chi connectivity index (χ0) is 19.4. The van der Waals surface area contributed by atoms with Gasteiger partial charge in [0.2, 0.25) is 0 Å². The van der Waals surface area contributed by atoms with Crippen LogP contribution >= 0.6 is 0 Å². The summed E-state index contributed by atoms with van der Waals surface area (Å²) >= 11 is 0. The van der Waals surface area contributed by atoms with Gasteiger partial charge in [-0.15, -0.1) is 0 Å². The van der Waals surface area contributed by atoms with Crippen LogP contribution in [0.5, 0.6) is 0 Å². The fraction of sp³-hybridized carbons (Fsp3) is 0.417. The molecule has 3 heteroatoms. The van der Waals surface area contributed by atoms with Crippen molar-refractivity contribution in [1.29, 1.82) is 0 Å². The normalized spacial score (nSPS) is 12.8. The summed E-state index contributed by atoms with van der Waals surface area (Å²) in [6.45, 7) is 4.31. The first-order valence-corrected chi connectivity index (χ1v) is 10.2. The first-order chi connectivity index (χ1) is 13.1. The van der Waals surface area contributed by atoms with Crippen LogP contribution in [-0.2, 0) is 12.8 Å². The predicted molar refractivity (Wildman–Crippen MR) is 111 cm³/mol. The van der Waals surface area contributed by atoms with E-state index in [0.29, 0.717) is 27.9 Å². The highest BCUT2D eigenvalue weighted by Gasteiger charge is 2.34. The minimum absolute atomic E-state index is 0.0246. The average molecular weight is 364 g/mol. The van der Waals surface area contributed by atoms with Gasteiger partial charge in [0.15, 0.2) is 11.6 Å². The van der Waals surface area contributed by atoms with E-state index in [2.05, 4.69) is 13.8 Å². The zero-order valence-corrected chi connectivity index (χ0v) is 16.4. The lowest BCUT2D eigenvalue weighted by Gasteiger charge is -2.24. The second-order valence-corrected chi connectivity index (χ2v) is 7.47. The van der Waals surface area contributed by atoms with E-state index in [4.69, 9.17) is 5.73 Å². The number of hydrogen-bond acceptors (Lipinski definition) is 3. The summed E-state index contributed by atoms with van der Waals surface area (Å²) < 4.78 is 0. The lowest BCUT2D eigenvalue weighted by molar-refractivity contribution is 0.0977. The highest BCUT2D eigenvalue weighted by molar-refractivity contribution is 6.29.